The van der Waals surface area contributed by atoms with E-state index in [4.69, 9.17) is 5.11 Å². The molecule has 1 aliphatic rings. The lowest BCUT2D eigenvalue weighted by molar-refractivity contribution is -0.146. The molecule has 0 aromatic heterocycles. The highest BCUT2D eigenvalue weighted by molar-refractivity contribution is 5.85. The predicted molar refractivity (Wildman–Crippen MR) is 71.4 cm³/mol. The van der Waals surface area contributed by atoms with Crippen molar-refractivity contribution >= 4 is 11.9 Å². The third-order valence-electron chi connectivity index (χ3n) is 3.90. The summed E-state index contributed by atoms with van der Waals surface area (Å²) in [7, 11) is 0. The number of carboxylic acids is 1. The number of aliphatic carboxylic acids is 1. The fraction of sp³-hybridized carbons (Fsp3) is 0.467. The Kier molecular flexibility index (Phi) is 4.37. The van der Waals surface area contributed by atoms with Crippen molar-refractivity contribution in [2.75, 3.05) is 0 Å². The molecule has 1 aromatic carbocycles. The zero-order chi connectivity index (χ0) is 14.7. The van der Waals surface area contributed by atoms with Crippen LogP contribution >= 0.6 is 0 Å². The van der Waals surface area contributed by atoms with Gasteiger partial charge in [0.2, 0.25) is 5.91 Å². The predicted octanol–water partition coefficient (Wildman–Crippen LogP) is 2.50. The average molecular weight is 279 g/mol. The highest BCUT2D eigenvalue weighted by atomic mass is 19.1. The molecule has 0 saturated heterocycles. The number of carbonyl (C=O) groups is 2. The van der Waals surface area contributed by atoms with Gasteiger partial charge >= 0.3 is 5.97 Å². The molecule has 0 unspecified atom stereocenters. The van der Waals surface area contributed by atoms with Gasteiger partial charge in [-0.3, -0.25) is 9.59 Å². The van der Waals surface area contributed by atoms with E-state index in [1.54, 1.807) is 25.1 Å². The first-order chi connectivity index (χ1) is 9.50. The zero-order valence-corrected chi connectivity index (χ0v) is 11.3. The molecule has 108 valence electrons. The number of carboxylic acid groups (broad SMARTS) is 1. The summed E-state index contributed by atoms with van der Waals surface area (Å²) in [6, 6.07) is 5.78. The number of hydrogen-bond acceptors (Lipinski definition) is 2. The van der Waals surface area contributed by atoms with E-state index < -0.39 is 23.8 Å². The molecule has 0 spiro atoms. The molecule has 20 heavy (non-hydrogen) atoms. The number of amides is 1. The maximum absolute atomic E-state index is 13.6. The van der Waals surface area contributed by atoms with Gasteiger partial charge in [0.05, 0.1) is 17.9 Å². The molecule has 1 fully saturated rings. The lowest BCUT2D eigenvalue weighted by Gasteiger charge is -2.20. The molecule has 0 radical (unpaired) electrons. The van der Waals surface area contributed by atoms with Crippen LogP contribution in [0.4, 0.5) is 4.39 Å². The molecule has 0 aliphatic heterocycles. The number of hydrogen-bond donors (Lipinski definition) is 2. The highest BCUT2D eigenvalue weighted by Crippen LogP contribution is 2.32. The van der Waals surface area contributed by atoms with E-state index in [9.17, 15) is 14.0 Å². The SMILES string of the molecule is C[C@@H](NC(=O)[C@@H]1CCC[C@@H]1C(=O)O)c1ccccc1F. The molecule has 2 N–H and O–H groups in total. The van der Waals surface area contributed by atoms with Crippen LogP contribution in [-0.4, -0.2) is 17.0 Å². The third kappa shape index (κ3) is 2.98. The number of nitrogens with one attached hydrogen (secondary N) is 1. The van der Waals surface area contributed by atoms with Gasteiger partial charge < -0.3 is 10.4 Å². The van der Waals surface area contributed by atoms with Crippen LogP contribution in [0.25, 0.3) is 0 Å². The van der Waals surface area contributed by atoms with E-state index in [2.05, 4.69) is 5.32 Å². The molecule has 4 nitrogen and oxygen atoms in total. The Balaban J connectivity index is 2.04. The summed E-state index contributed by atoms with van der Waals surface area (Å²) in [4.78, 5) is 23.2. The highest BCUT2D eigenvalue weighted by Gasteiger charge is 2.38. The van der Waals surface area contributed by atoms with E-state index in [1.165, 1.54) is 6.07 Å². The molecular formula is C15H18FNO3. The molecule has 0 heterocycles. The smallest absolute Gasteiger partial charge is 0.307 e. The Morgan fingerprint density at radius 2 is 1.95 bits per heavy atom. The Labute approximate surface area is 117 Å². The van der Waals surface area contributed by atoms with Gasteiger partial charge in [-0.2, -0.15) is 0 Å². The van der Waals surface area contributed by atoms with Gasteiger partial charge in [-0.05, 0) is 25.8 Å². The maximum atomic E-state index is 13.6. The molecular weight excluding hydrogens is 261 g/mol. The molecule has 1 saturated carbocycles. The number of rotatable bonds is 4. The molecule has 1 aromatic rings. The van der Waals surface area contributed by atoms with Crippen molar-refractivity contribution in [1.82, 2.24) is 5.32 Å². The van der Waals surface area contributed by atoms with Crippen LogP contribution in [0, 0.1) is 17.7 Å². The largest absolute Gasteiger partial charge is 0.481 e. The van der Waals surface area contributed by atoms with Crippen molar-refractivity contribution in [2.24, 2.45) is 11.8 Å². The Morgan fingerprint density at radius 1 is 1.30 bits per heavy atom. The Bertz CT molecular complexity index is 518. The number of benzene rings is 1. The summed E-state index contributed by atoms with van der Waals surface area (Å²) >= 11 is 0. The second kappa shape index (κ2) is 6.03. The Morgan fingerprint density at radius 3 is 2.60 bits per heavy atom. The first-order valence-corrected chi connectivity index (χ1v) is 6.78. The average Bonchev–Trinajstić information content (AvgIpc) is 2.88. The van der Waals surface area contributed by atoms with Gasteiger partial charge in [0.1, 0.15) is 5.82 Å². The minimum atomic E-state index is -0.929. The monoisotopic (exact) mass is 279 g/mol. The molecule has 3 atom stereocenters. The van der Waals surface area contributed by atoms with Crippen molar-refractivity contribution in [3.63, 3.8) is 0 Å². The number of halogens is 1. The summed E-state index contributed by atoms with van der Waals surface area (Å²) in [6.45, 7) is 1.70. The van der Waals surface area contributed by atoms with Gasteiger partial charge in [0, 0.05) is 5.56 Å². The van der Waals surface area contributed by atoms with Crippen LogP contribution in [0.15, 0.2) is 24.3 Å². The topological polar surface area (TPSA) is 66.4 Å². The fourth-order valence-corrected chi connectivity index (χ4v) is 2.79. The lowest BCUT2D eigenvalue weighted by atomic mass is 9.94. The maximum Gasteiger partial charge on any atom is 0.307 e. The zero-order valence-electron chi connectivity index (χ0n) is 11.3. The summed E-state index contributed by atoms with van der Waals surface area (Å²) in [6.07, 6.45) is 1.84. The van der Waals surface area contributed by atoms with E-state index >= 15 is 0 Å². The summed E-state index contributed by atoms with van der Waals surface area (Å²) in [5, 5.41) is 11.8. The van der Waals surface area contributed by atoms with Crippen LogP contribution in [-0.2, 0) is 9.59 Å². The fourth-order valence-electron chi connectivity index (χ4n) is 2.79. The summed E-state index contributed by atoms with van der Waals surface area (Å²) in [5.74, 6) is -2.74. The van der Waals surface area contributed by atoms with Gasteiger partial charge in [-0.25, -0.2) is 4.39 Å². The quantitative estimate of drug-likeness (QED) is 0.890. The summed E-state index contributed by atoms with van der Waals surface area (Å²) in [5.41, 5.74) is 0.408. The van der Waals surface area contributed by atoms with Gasteiger partial charge in [0.25, 0.3) is 0 Å². The minimum absolute atomic E-state index is 0.300. The second-order valence-electron chi connectivity index (χ2n) is 5.23. The molecule has 1 aliphatic carbocycles. The van der Waals surface area contributed by atoms with Crippen molar-refractivity contribution in [2.45, 2.75) is 32.2 Å². The van der Waals surface area contributed by atoms with Gasteiger partial charge in [-0.15, -0.1) is 0 Å². The first-order valence-electron chi connectivity index (χ1n) is 6.78. The Hall–Kier alpha value is -1.91. The molecule has 2 rings (SSSR count). The second-order valence-corrected chi connectivity index (χ2v) is 5.23. The first kappa shape index (κ1) is 14.5. The minimum Gasteiger partial charge on any atom is -0.481 e. The van der Waals surface area contributed by atoms with Crippen molar-refractivity contribution in [3.05, 3.63) is 35.6 Å². The third-order valence-corrected chi connectivity index (χ3v) is 3.90. The molecule has 1 amide bonds. The number of carbonyl (C=O) groups excluding carboxylic acids is 1. The van der Waals surface area contributed by atoms with Crippen LogP contribution in [0.5, 0.6) is 0 Å². The van der Waals surface area contributed by atoms with Crippen LogP contribution in [0.1, 0.15) is 37.8 Å². The van der Waals surface area contributed by atoms with Crippen molar-refractivity contribution in [1.29, 1.82) is 0 Å². The van der Waals surface area contributed by atoms with Crippen molar-refractivity contribution < 1.29 is 19.1 Å². The van der Waals surface area contributed by atoms with Gasteiger partial charge in [-0.1, -0.05) is 24.6 Å². The normalized spacial score (nSPS) is 23.3. The van der Waals surface area contributed by atoms with E-state index in [-0.39, 0.29) is 11.7 Å². The lowest BCUT2D eigenvalue weighted by Crippen LogP contribution is -2.36. The van der Waals surface area contributed by atoms with Crippen LogP contribution in [0.2, 0.25) is 0 Å². The van der Waals surface area contributed by atoms with Crippen molar-refractivity contribution in [3.8, 4) is 0 Å². The molecule has 5 heteroatoms. The summed E-state index contributed by atoms with van der Waals surface area (Å²) < 4.78 is 13.6. The van der Waals surface area contributed by atoms with E-state index in [0.717, 1.165) is 6.42 Å². The van der Waals surface area contributed by atoms with Crippen LogP contribution in [0.3, 0.4) is 0 Å². The van der Waals surface area contributed by atoms with E-state index in [1.807, 2.05) is 0 Å². The standard InChI is InChI=1S/C15H18FNO3/c1-9(10-5-2-3-8-13(10)16)17-14(18)11-6-4-7-12(11)15(19)20/h2-3,5,8-9,11-12H,4,6-7H2,1H3,(H,17,18)(H,19,20)/t9-,11-,12+/m1/s1. The van der Waals surface area contributed by atoms with Crippen LogP contribution < -0.4 is 5.32 Å². The van der Waals surface area contributed by atoms with Gasteiger partial charge in [0.15, 0.2) is 0 Å². The van der Waals surface area contributed by atoms with E-state index in [0.29, 0.717) is 18.4 Å². The molecule has 0 bridgehead atoms.